The number of aryl methyl sites for hydroxylation is 1. The highest BCUT2D eigenvalue weighted by Crippen LogP contribution is 2.40. The van der Waals surface area contributed by atoms with Crippen LogP contribution in [0.5, 0.6) is 0 Å². The molecule has 5 nitrogen and oxygen atoms in total. The number of benzene rings is 2. The topological polar surface area (TPSA) is 55.3 Å². The van der Waals surface area contributed by atoms with E-state index in [1.807, 2.05) is 43.3 Å². The van der Waals surface area contributed by atoms with Crippen LogP contribution in [0.25, 0.3) is 22.5 Å². The summed E-state index contributed by atoms with van der Waals surface area (Å²) in [7, 11) is 0. The molecule has 3 aromatic rings. The van der Waals surface area contributed by atoms with Crippen molar-refractivity contribution in [3.05, 3.63) is 71.0 Å². The van der Waals surface area contributed by atoms with Crippen molar-refractivity contribution in [3.8, 4) is 22.5 Å². The van der Waals surface area contributed by atoms with E-state index in [9.17, 15) is 4.79 Å². The van der Waals surface area contributed by atoms with E-state index in [0.717, 1.165) is 60.9 Å². The van der Waals surface area contributed by atoms with Gasteiger partial charge in [0, 0.05) is 36.3 Å². The fraction of sp³-hybridized carbons (Fsp3) is 0.261. The van der Waals surface area contributed by atoms with Gasteiger partial charge in [-0.2, -0.15) is 0 Å². The molecule has 1 fully saturated rings. The van der Waals surface area contributed by atoms with Gasteiger partial charge >= 0.3 is 0 Å². The molecular weight excluding hydrogens is 350 g/mol. The van der Waals surface area contributed by atoms with Crippen LogP contribution in [0, 0.1) is 6.92 Å². The number of ketones is 1. The lowest BCUT2D eigenvalue weighted by atomic mass is 10.0. The summed E-state index contributed by atoms with van der Waals surface area (Å²) in [5.41, 5.74) is 5.88. The first-order valence-electron chi connectivity index (χ1n) is 9.63. The molecule has 5 heteroatoms. The first-order valence-corrected chi connectivity index (χ1v) is 9.63. The monoisotopic (exact) mass is 371 g/mol. The van der Waals surface area contributed by atoms with Crippen molar-refractivity contribution < 1.29 is 9.53 Å². The van der Waals surface area contributed by atoms with Crippen LogP contribution in [0.4, 0.5) is 0 Å². The van der Waals surface area contributed by atoms with E-state index in [0.29, 0.717) is 11.4 Å². The summed E-state index contributed by atoms with van der Waals surface area (Å²) < 4.78 is 5.44. The number of fused-ring (bicyclic) bond motifs is 3. The first kappa shape index (κ1) is 17.2. The summed E-state index contributed by atoms with van der Waals surface area (Å²) in [6, 6.07) is 16.0. The molecule has 28 heavy (non-hydrogen) atoms. The van der Waals surface area contributed by atoms with E-state index in [-0.39, 0.29) is 5.78 Å². The number of carbonyl (C=O) groups is 1. The predicted molar refractivity (Wildman–Crippen MR) is 107 cm³/mol. The maximum Gasteiger partial charge on any atom is 0.198 e. The van der Waals surface area contributed by atoms with Crippen molar-refractivity contribution in [2.24, 2.45) is 0 Å². The molecule has 0 amide bonds. The molecule has 1 aliphatic carbocycles. The molecule has 1 saturated heterocycles. The zero-order chi connectivity index (χ0) is 19.1. The molecule has 1 aromatic heterocycles. The summed E-state index contributed by atoms with van der Waals surface area (Å²) in [4.78, 5) is 24.8. The SMILES string of the molecule is Cc1nc(-c2ccccc2)c2c(n1)-c1cc(CN3CCOCC3)ccc1C2=O. The Bertz CT molecular complexity index is 1060. The van der Waals surface area contributed by atoms with E-state index in [1.54, 1.807) is 0 Å². The second kappa shape index (κ2) is 6.93. The Kier molecular flexibility index (Phi) is 4.26. The van der Waals surface area contributed by atoms with Gasteiger partial charge in [-0.05, 0) is 18.6 Å². The van der Waals surface area contributed by atoms with Gasteiger partial charge in [0.2, 0.25) is 0 Å². The van der Waals surface area contributed by atoms with Gasteiger partial charge in [-0.1, -0.05) is 42.5 Å². The molecule has 0 spiro atoms. The standard InChI is InChI=1S/C23H21N3O2/c1-15-24-21(17-5-3-2-4-6-17)20-22(25-15)19-13-16(7-8-18(19)23(20)27)14-26-9-11-28-12-10-26/h2-8,13H,9-12,14H2,1H3. The highest BCUT2D eigenvalue weighted by molar-refractivity contribution is 6.23. The minimum Gasteiger partial charge on any atom is -0.379 e. The molecule has 2 heterocycles. The molecule has 0 unspecified atom stereocenters. The van der Waals surface area contributed by atoms with Crippen LogP contribution in [-0.4, -0.2) is 47.0 Å². The van der Waals surface area contributed by atoms with Gasteiger partial charge in [0.15, 0.2) is 5.78 Å². The lowest BCUT2D eigenvalue weighted by molar-refractivity contribution is 0.0342. The summed E-state index contributed by atoms with van der Waals surface area (Å²) in [6.07, 6.45) is 0. The molecule has 0 atom stereocenters. The van der Waals surface area contributed by atoms with Crippen molar-refractivity contribution in [1.82, 2.24) is 14.9 Å². The smallest absolute Gasteiger partial charge is 0.198 e. The zero-order valence-electron chi connectivity index (χ0n) is 15.8. The number of aromatic nitrogens is 2. The Labute approximate surface area is 164 Å². The van der Waals surface area contributed by atoms with E-state index in [4.69, 9.17) is 4.74 Å². The summed E-state index contributed by atoms with van der Waals surface area (Å²) in [5.74, 6) is 0.693. The van der Waals surface area contributed by atoms with E-state index < -0.39 is 0 Å². The lowest BCUT2D eigenvalue weighted by Crippen LogP contribution is -2.35. The van der Waals surface area contributed by atoms with Gasteiger partial charge in [0.25, 0.3) is 0 Å². The van der Waals surface area contributed by atoms with Crippen LogP contribution in [0.3, 0.4) is 0 Å². The second-order valence-electron chi connectivity index (χ2n) is 7.31. The van der Waals surface area contributed by atoms with Crippen LogP contribution >= 0.6 is 0 Å². The average molecular weight is 371 g/mol. The van der Waals surface area contributed by atoms with Gasteiger partial charge in [0.05, 0.1) is 30.2 Å². The fourth-order valence-corrected chi connectivity index (χ4v) is 4.02. The molecule has 140 valence electrons. The summed E-state index contributed by atoms with van der Waals surface area (Å²) in [6.45, 7) is 6.17. The quantitative estimate of drug-likeness (QED) is 0.552. The third-order valence-corrected chi connectivity index (χ3v) is 5.39. The Balaban J connectivity index is 1.59. The van der Waals surface area contributed by atoms with E-state index >= 15 is 0 Å². The van der Waals surface area contributed by atoms with Crippen LogP contribution in [0.1, 0.15) is 27.3 Å². The number of carbonyl (C=O) groups excluding carboxylic acids is 1. The maximum atomic E-state index is 13.2. The largest absolute Gasteiger partial charge is 0.379 e. The van der Waals surface area contributed by atoms with Crippen LogP contribution < -0.4 is 0 Å². The van der Waals surface area contributed by atoms with E-state index in [2.05, 4.69) is 27.0 Å². The van der Waals surface area contributed by atoms with Crippen molar-refractivity contribution in [2.45, 2.75) is 13.5 Å². The average Bonchev–Trinajstić information content (AvgIpc) is 3.00. The maximum absolute atomic E-state index is 13.2. The van der Waals surface area contributed by atoms with Gasteiger partial charge in [0.1, 0.15) is 5.82 Å². The Morgan fingerprint density at radius 1 is 0.964 bits per heavy atom. The Morgan fingerprint density at radius 3 is 2.50 bits per heavy atom. The molecule has 2 aromatic carbocycles. The van der Waals surface area contributed by atoms with E-state index in [1.165, 1.54) is 5.56 Å². The molecule has 0 saturated carbocycles. The van der Waals surface area contributed by atoms with Crippen LogP contribution in [0.2, 0.25) is 0 Å². The zero-order valence-corrected chi connectivity index (χ0v) is 15.8. The van der Waals surface area contributed by atoms with Crippen molar-refractivity contribution in [1.29, 1.82) is 0 Å². The van der Waals surface area contributed by atoms with Crippen molar-refractivity contribution >= 4 is 5.78 Å². The number of nitrogens with zero attached hydrogens (tertiary/aromatic N) is 3. The van der Waals surface area contributed by atoms with Crippen molar-refractivity contribution in [2.75, 3.05) is 26.3 Å². The summed E-state index contributed by atoms with van der Waals surface area (Å²) in [5, 5.41) is 0. The summed E-state index contributed by atoms with van der Waals surface area (Å²) >= 11 is 0. The minimum atomic E-state index is 0.0155. The highest BCUT2D eigenvalue weighted by Gasteiger charge is 2.32. The normalized spacial score (nSPS) is 16.1. The minimum absolute atomic E-state index is 0.0155. The number of morpholine rings is 1. The van der Waals surface area contributed by atoms with Gasteiger partial charge in [-0.3, -0.25) is 9.69 Å². The van der Waals surface area contributed by atoms with Crippen LogP contribution in [0.15, 0.2) is 48.5 Å². The molecule has 0 radical (unpaired) electrons. The molecule has 0 bridgehead atoms. The molecule has 2 aliphatic rings. The Morgan fingerprint density at radius 2 is 1.71 bits per heavy atom. The number of hydrogen-bond donors (Lipinski definition) is 0. The third-order valence-electron chi connectivity index (χ3n) is 5.39. The molecular formula is C23H21N3O2. The number of rotatable bonds is 3. The highest BCUT2D eigenvalue weighted by atomic mass is 16.5. The first-order chi connectivity index (χ1) is 13.7. The molecule has 0 N–H and O–H groups in total. The number of ether oxygens (including phenoxy) is 1. The molecule has 1 aliphatic heterocycles. The van der Waals surface area contributed by atoms with Crippen molar-refractivity contribution in [3.63, 3.8) is 0 Å². The predicted octanol–water partition coefficient (Wildman–Crippen LogP) is 3.50. The third kappa shape index (κ3) is 2.93. The molecule has 5 rings (SSSR count). The second-order valence-corrected chi connectivity index (χ2v) is 7.31. The van der Waals surface area contributed by atoms with Gasteiger partial charge in [-0.25, -0.2) is 9.97 Å². The van der Waals surface area contributed by atoms with Gasteiger partial charge in [-0.15, -0.1) is 0 Å². The fourth-order valence-electron chi connectivity index (χ4n) is 4.02. The number of hydrogen-bond acceptors (Lipinski definition) is 5. The van der Waals surface area contributed by atoms with Gasteiger partial charge < -0.3 is 4.74 Å². The lowest BCUT2D eigenvalue weighted by Gasteiger charge is -2.26. The van der Waals surface area contributed by atoms with Crippen LogP contribution in [-0.2, 0) is 11.3 Å². The Hall–Kier alpha value is -2.89.